The summed E-state index contributed by atoms with van der Waals surface area (Å²) in [7, 11) is 1.76. The van der Waals surface area contributed by atoms with E-state index in [1.807, 2.05) is 19.2 Å². The molecule has 1 aliphatic heterocycles. The summed E-state index contributed by atoms with van der Waals surface area (Å²) in [5, 5.41) is 11.7. The molecule has 1 N–H and O–H groups in total. The van der Waals surface area contributed by atoms with Crippen molar-refractivity contribution in [1.29, 1.82) is 0 Å². The number of carbonyl (C=O) groups excluding carboxylic acids is 1. The quantitative estimate of drug-likeness (QED) is 0.733. The van der Waals surface area contributed by atoms with Gasteiger partial charge in [-0.2, -0.15) is 10.1 Å². The van der Waals surface area contributed by atoms with Gasteiger partial charge in [-0.25, -0.2) is 0 Å². The predicted octanol–water partition coefficient (Wildman–Crippen LogP) is 1.74. The average Bonchev–Trinajstić information content (AvgIpc) is 3.38. The number of rotatable bonds is 8. The molecule has 0 radical (unpaired) electrons. The van der Waals surface area contributed by atoms with E-state index in [0.717, 1.165) is 13.1 Å². The van der Waals surface area contributed by atoms with Crippen LogP contribution in [-0.4, -0.2) is 57.5 Å². The second-order valence-electron chi connectivity index (χ2n) is 7.81. The summed E-state index contributed by atoms with van der Waals surface area (Å²) in [6.45, 7) is 8.50. The number of piperidine rings is 1. The van der Waals surface area contributed by atoms with Crippen LogP contribution in [0.3, 0.4) is 0 Å². The molecule has 1 atom stereocenters. The van der Waals surface area contributed by atoms with Crippen LogP contribution in [0.25, 0.3) is 0 Å². The molecule has 2 aromatic rings. The van der Waals surface area contributed by atoms with Gasteiger partial charge in [0.15, 0.2) is 5.82 Å². The van der Waals surface area contributed by atoms with E-state index < -0.39 is 5.54 Å². The van der Waals surface area contributed by atoms with Crippen LogP contribution in [-0.2, 0) is 21.6 Å². The highest BCUT2D eigenvalue weighted by atomic mass is 16.5. The minimum Gasteiger partial charge on any atom is -0.370 e. The zero-order valence-electron chi connectivity index (χ0n) is 17.1. The SMILES string of the molecule is CC(C)COC(C)c1noc(CN(C)C(=O)C2(n3cccn3)CCNCC2)n1. The van der Waals surface area contributed by atoms with E-state index in [-0.39, 0.29) is 18.6 Å². The highest BCUT2D eigenvalue weighted by Crippen LogP contribution is 2.29. The zero-order chi connectivity index (χ0) is 20.1. The first-order valence-corrected chi connectivity index (χ1v) is 9.83. The van der Waals surface area contributed by atoms with Crippen LogP contribution >= 0.6 is 0 Å². The Hall–Kier alpha value is -2.26. The molecular formula is C19H30N6O3. The standard InChI is InChI=1S/C19H30N6O3/c1-14(2)13-27-15(3)17-22-16(28-23-17)12-24(4)18(26)19(6-9-20-10-7-19)25-11-5-8-21-25/h5,8,11,14-15,20H,6-7,9-10,12-13H2,1-4H3. The van der Waals surface area contributed by atoms with E-state index in [1.54, 1.807) is 22.8 Å². The largest absolute Gasteiger partial charge is 0.370 e. The van der Waals surface area contributed by atoms with Gasteiger partial charge in [-0.3, -0.25) is 9.48 Å². The van der Waals surface area contributed by atoms with Gasteiger partial charge in [0.2, 0.25) is 5.89 Å². The Labute approximate surface area is 165 Å². The van der Waals surface area contributed by atoms with Gasteiger partial charge in [0.1, 0.15) is 11.6 Å². The van der Waals surface area contributed by atoms with Crippen LogP contribution in [0.4, 0.5) is 0 Å². The van der Waals surface area contributed by atoms with Gasteiger partial charge >= 0.3 is 0 Å². The van der Waals surface area contributed by atoms with Gasteiger partial charge < -0.3 is 19.5 Å². The highest BCUT2D eigenvalue weighted by Gasteiger charge is 2.43. The molecule has 9 heteroatoms. The smallest absolute Gasteiger partial charge is 0.250 e. The van der Waals surface area contributed by atoms with Crippen LogP contribution in [0, 0.1) is 5.92 Å². The van der Waals surface area contributed by atoms with Gasteiger partial charge in [0.05, 0.1) is 6.54 Å². The summed E-state index contributed by atoms with van der Waals surface area (Å²) in [5.74, 6) is 1.33. The molecule has 28 heavy (non-hydrogen) atoms. The maximum Gasteiger partial charge on any atom is 0.250 e. The summed E-state index contributed by atoms with van der Waals surface area (Å²) in [4.78, 5) is 19.4. The minimum atomic E-state index is -0.681. The molecular weight excluding hydrogens is 360 g/mol. The first-order valence-electron chi connectivity index (χ1n) is 9.83. The summed E-state index contributed by atoms with van der Waals surface area (Å²) in [5.41, 5.74) is -0.681. The Bertz CT molecular complexity index is 752. The van der Waals surface area contributed by atoms with E-state index in [0.29, 0.717) is 37.1 Å². The first kappa shape index (κ1) is 20.5. The van der Waals surface area contributed by atoms with Crippen molar-refractivity contribution < 1.29 is 14.1 Å². The van der Waals surface area contributed by atoms with Crippen molar-refractivity contribution >= 4 is 5.91 Å². The molecule has 3 rings (SSSR count). The first-order chi connectivity index (χ1) is 13.4. The van der Waals surface area contributed by atoms with Crippen molar-refractivity contribution in [2.24, 2.45) is 5.92 Å². The molecule has 9 nitrogen and oxygen atoms in total. The monoisotopic (exact) mass is 390 g/mol. The second kappa shape index (κ2) is 8.83. The molecule has 1 amide bonds. The summed E-state index contributed by atoms with van der Waals surface area (Å²) < 4.78 is 12.9. The lowest BCUT2D eigenvalue weighted by molar-refractivity contribution is -0.142. The fourth-order valence-corrected chi connectivity index (χ4v) is 3.44. The molecule has 1 unspecified atom stereocenters. The number of ether oxygens (including phenoxy) is 1. The van der Waals surface area contributed by atoms with Gasteiger partial charge in [0.25, 0.3) is 5.91 Å². The molecule has 1 fully saturated rings. The Kier molecular flexibility index (Phi) is 6.46. The van der Waals surface area contributed by atoms with Crippen molar-refractivity contribution in [3.63, 3.8) is 0 Å². The maximum absolute atomic E-state index is 13.4. The summed E-state index contributed by atoms with van der Waals surface area (Å²) >= 11 is 0. The number of likely N-dealkylation sites (N-methyl/N-ethyl adjacent to an activating group) is 1. The summed E-state index contributed by atoms with van der Waals surface area (Å²) in [6.07, 6.45) is 4.69. The third-order valence-corrected chi connectivity index (χ3v) is 5.02. The Morgan fingerprint density at radius 2 is 2.14 bits per heavy atom. The van der Waals surface area contributed by atoms with Crippen LogP contribution in [0.1, 0.15) is 51.4 Å². The summed E-state index contributed by atoms with van der Waals surface area (Å²) in [6, 6.07) is 1.85. The highest BCUT2D eigenvalue weighted by molar-refractivity contribution is 5.84. The number of carbonyl (C=O) groups is 1. The number of hydrogen-bond acceptors (Lipinski definition) is 7. The Morgan fingerprint density at radius 3 is 2.79 bits per heavy atom. The lowest BCUT2D eigenvalue weighted by Gasteiger charge is -2.38. The molecule has 0 bridgehead atoms. The third kappa shape index (κ3) is 4.41. The molecule has 0 spiro atoms. The van der Waals surface area contributed by atoms with Crippen molar-refractivity contribution in [1.82, 2.24) is 30.1 Å². The van der Waals surface area contributed by atoms with Crippen molar-refractivity contribution in [3.8, 4) is 0 Å². The van der Waals surface area contributed by atoms with Gasteiger partial charge in [0, 0.05) is 26.0 Å². The molecule has 2 aromatic heterocycles. The van der Waals surface area contributed by atoms with Crippen LogP contribution in [0.5, 0.6) is 0 Å². The molecule has 154 valence electrons. The number of hydrogen-bond donors (Lipinski definition) is 1. The molecule has 0 aromatic carbocycles. The van der Waals surface area contributed by atoms with Gasteiger partial charge in [-0.05, 0) is 44.8 Å². The third-order valence-electron chi connectivity index (χ3n) is 5.02. The van der Waals surface area contributed by atoms with E-state index >= 15 is 0 Å². The molecule has 1 aliphatic rings. The number of nitrogens with one attached hydrogen (secondary N) is 1. The lowest BCUT2D eigenvalue weighted by atomic mass is 9.87. The van der Waals surface area contributed by atoms with E-state index in [4.69, 9.17) is 9.26 Å². The fourth-order valence-electron chi connectivity index (χ4n) is 3.44. The molecule has 3 heterocycles. The zero-order valence-corrected chi connectivity index (χ0v) is 17.1. The maximum atomic E-state index is 13.4. The van der Waals surface area contributed by atoms with Crippen LogP contribution in [0.2, 0.25) is 0 Å². The van der Waals surface area contributed by atoms with Gasteiger partial charge in [-0.15, -0.1) is 0 Å². The van der Waals surface area contributed by atoms with Crippen molar-refractivity contribution in [2.75, 3.05) is 26.7 Å². The Balaban J connectivity index is 1.68. The van der Waals surface area contributed by atoms with E-state index in [2.05, 4.69) is 34.4 Å². The van der Waals surface area contributed by atoms with Crippen molar-refractivity contribution in [3.05, 3.63) is 30.2 Å². The Morgan fingerprint density at radius 1 is 1.39 bits per heavy atom. The predicted molar refractivity (Wildman–Crippen MR) is 102 cm³/mol. The normalized spacial score (nSPS) is 17.6. The number of amides is 1. The van der Waals surface area contributed by atoms with Crippen LogP contribution in [0.15, 0.2) is 23.0 Å². The average molecular weight is 390 g/mol. The van der Waals surface area contributed by atoms with E-state index in [1.165, 1.54) is 0 Å². The lowest BCUT2D eigenvalue weighted by Crippen LogP contribution is -2.54. The van der Waals surface area contributed by atoms with Gasteiger partial charge in [-0.1, -0.05) is 19.0 Å². The molecule has 0 aliphatic carbocycles. The van der Waals surface area contributed by atoms with E-state index in [9.17, 15) is 4.79 Å². The second-order valence-corrected chi connectivity index (χ2v) is 7.81. The van der Waals surface area contributed by atoms with Crippen molar-refractivity contribution in [2.45, 2.75) is 51.8 Å². The topological polar surface area (TPSA) is 98.3 Å². The fraction of sp³-hybridized carbons (Fsp3) is 0.684. The molecule has 1 saturated heterocycles. The number of nitrogens with zero attached hydrogens (tertiary/aromatic N) is 5. The van der Waals surface area contributed by atoms with Crippen LogP contribution < -0.4 is 5.32 Å². The minimum absolute atomic E-state index is 0.00144. The number of aromatic nitrogens is 4. The molecule has 0 saturated carbocycles.